The van der Waals surface area contributed by atoms with E-state index in [2.05, 4.69) is 10.3 Å². The Hall–Kier alpha value is -1.23. The van der Waals surface area contributed by atoms with Gasteiger partial charge in [0.15, 0.2) is 5.96 Å². The first-order valence-electron chi connectivity index (χ1n) is 8.08. The zero-order valence-electron chi connectivity index (χ0n) is 15.6. The second kappa shape index (κ2) is 12.2. The van der Waals surface area contributed by atoms with Crippen LogP contribution in [0.3, 0.4) is 0 Å². The molecule has 0 radical (unpaired) electrons. The molecule has 150 valence electrons. The number of alkyl halides is 3. The number of rotatable bonds is 8. The van der Waals surface area contributed by atoms with Gasteiger partial charge in [-0.05, 0) is 25.6 Å². The molecule has 0 saturated carbocycles. The minimum atomic E-state index is -4.18. The van der Waals surface area contributed by atoms with Crippen molar-refractivity contribution in [2.75, 3.05) is 53.9 Å². The van der Waals surface area contributed by atoms with Gasteiger partial charge in [-0.1, -0.05) is 18.2 Å². The van der Waals surface area contributed by atoms with Gasteiger partial charge in [0.05, 0.1) is 13.1 Å². The lowest BCUT2D eigenvalue weighted by molar-refractivity contribution is -0.142. The summed E-state index contributed by atoms with van der Waals surface area (Å²) in [6, 6.07) is 7.77. The normalized spacial score (nSPS) is 11.9. The minimum Gasteiger partial charge on any atom is -0.491 e. The molecule has 1 aromatic carbocycles. The number of aryl methyl sites for hydroxylation is 1. The standard InChI is InChI=1S/C17H27F3N4O.HI/c1-14-7-5-6-8-15(14)25-12-11-24(4)16(21-2)22-9-10-23(3)13-17(18,19)20;/h5-8H,9-13H2,1-4H3,(H,21,22);1H. The smallest absolute Gasteiger partial charge is 0.401 e. The monoisotopic (exact) mass is 488 g/mol. The molecule has 0 aliphatic heterocycles. The number of aliphatic imine (C=N–C) groups is 1. The fourth-order valence-electron chi connectivity index (χ4n) is 2.25. The first kappa shape index (κ1) is 24.8. The third kappa shape index (κ3) is 10.0. The van der Waals surface area contributed by atoms with Crippen molar-refractivity contribution in [2.24, 2.45) is 4.99 Å². The number of guanidine groups is 1. The van der Waals surface area contributed by atoms with Crippen LogP contribution in [-0.2, 0) is 0 Å². The minimum absolute atomic E-state index is 0. The third-order valence-electron chi connectivity index (χ3n) is 3.58. The number of para-hydroxylation sites is 1. The highest BCUT2D eigenvalue weighted by molar-refractivity contribution is 14.0. The van der Waals surface area contributed by atoms with Crippen LogP contribution >= 0.6 is 24.0 Å². The number of likely N-dealkylation sites (N-methyl/N-ethyl adjacent to an activating group) is 2. The maximum Gasteiger partial charge on any atom is 0.401 e. The highest BCUT2D eigenvalue weighted by Gasteiger charge is 2.28. The Balaban J connectivity index is 0.00000625. The summed E-state index contributed by atoms with van der Waals surface area (Å²) in [5, 5.41) is 3.06. The largest absolute Gasteiger partial charge is 0.491 e. The number of nitrogens with zero attached hydrogens (tertiary/aromatic N) is 3. The first-order chi connectivity index (χ1) is 11.7. The molecular weight excluding hydrogens is 460 g/mol. The van der Waals surface area contributed by atoms with Gasteiger partial charge in [-0.3, -0.25) is 9.89 Å². The molecule has 0 heterocycles. The fraction of sp³-hybridized carbons (Fsp3) is 0.588. The van der Waals surface area contributed by atoms with Crippen molar-refractivity contribution in [3.05, 3.63) is 29.8 Å². The zero-order valence-corrected chi connectivity index (χ0v) is 18.0. The Morgan fingerprint density at radius 1 is 1.19 bits per heavy atom. The average Bonchev–Trinajstić information content (AvgIpc) is 2.51. The number of hydrogen-bond donors (Lipinski definition) is 1. The molecule has 1 rings (SSSR count). The van der Waals surface area contributed by atoms with Crippen LogP contribution in [-0.4, -0.2) is 75.9 Å². The lowest BCUT2D eigenvalue weighted by atomic mass is 10.2. The van der Waals surface area contributed by atoms with Gasteiger partial charge in [-0.15, -0.1) is 24.0 Å². The van der Waals surface area contributed by atoms with E-state index in [1.807, 2.05) is 43.1 Å². The molecule has 0 unspecified atom stereocenters. The van der Waals surface area contributed by atoms with Gasteiger partial charge in [0.1, 0.15) is 12.4 Å². The molecule has 5 nitrogen and oxygen atoms in total. The van der Waals surface area contributed by atoms with Crippen molar-refractivity contribution in [2.45, 2.75) is 13.1 Å². The van der Waals surface area contributed by atoms with Gasteiger partial charge in [-0.25, -0.2) is 0 Å². The summed E-state index contributed by atoms with van der Waals surface area (Å²) in [6.45, 7) is 2.79. The van der Waals surface area contributed by atoms with Gasteiger partial charge in [0.25, 0.3) is 0 Å². The van der Waals surface area contributed by atoms with E-state index in [9.17, 15) is 13.2 Å². The second-order valence-electron chi connectivity index (χ2n) is 5.86. The van der Waals surface area contributed by atoms with Crippen LogP contribution in [0, 0.1) is 6.92 Å². The van der Waals surface area contributed by atoms with Crippen molar-refractivity contribution in [3.8, 4) is 5.75 Å². The molecular formula is C17H28F3IN4O. The van der Waals surface area contributed by atoms with Crippen molar-refractivity contribution in [1.29, 1.82) is 0 Å². The van der Waals surface area contributed by atoms with Crippen LogP contribution in [0.2, 0.25) is 0 Å². The predicted molar refractivity (Wildman–Crippen MR) is 110 cm³/mol. The van der Waals surface area contributed by atoms with E-state index in [4.69, 9.17) is 4.74 Å². The fourth-order valence-corrected chi connectivity index (χ4v) is 2.25. The van der Waals surface area contributed by atoms with Crippen molar-refractivity contribution < 1.29 is 17.9 Å². The van der Waals surface area contributed by atoms with Crippen molar-refractivity contribution in [1.82, 2.24) is 15.1 Å². The highest BCUT2D eigenvalue weighted by Crippen LogP contribution is 2.16. The van der Waals surface area contributed by atoms with Crippen molar-refractivity contribution >= 4 is 29.9 Å². The maximum atomic E-state index is 12.3. The average molecular weight is 488 g/mol. The molecule has 9 heteroatoms. The highest BCUT2D eigenvalue weighted by atomic mass is 127. The molecule has 0 amide bonds. The van der Waals surface area contributed by atoms with Crippen LogP contribution in [0.15, 0.2) is 29.3 Å². The Labute approximate surface area is 170 Å². The topological polar surface area (TPSA) is 40.1 Å². The molecule has 0 saturated heterocycles. The molecule has 0 spiro atoms. The number of nitrogens with one attached hydrogen (secondary N) is 1. The van der Waals surface area contributed by atoms with E-state index < -0.39 is 12.7 Å². The lowest BCUT2D eigenvalue weighted by Gasteiger charge is -2.24. The third-order valence-corrected chi connectivity index (χ3v) is 3.58. The van der Waals surface area contributed by atoms with E-state index in [-0.39, 0.29) is 30.5 Å². The van der Waals surface area contributed by atoms with E-state index >= 15 is 0 Å². The molecule has 0 aromatic heterocycles. The zero-order chi connectivity index (χ0) is 18.9. The Bertz CT molecular complexity index is 555. The summed E-state index contributed by atoms with van der Waals surface area (Å²) in [5.74, 6) is 1.46. The summed E-state index contributed by atoms with van der Waals surface area (Å²) in [5.41, 5.74) is 1.07. The van der Waals surface area contributed by atoms with Crippen LogP contribution in [0.1, 0.15) is 5.56 Å². The number of halogens is 4. The number of benzene rings is 1. The van der Waals surface area contributed by atoms with E-state index in [0.717, 1.165) is 11.3 Å². The lowest BCUT2D eigenvalue weighted by Crippen LogP contribution is -2.44. The predicted octanol–water partition coefficient (Wildman–Crippen LogP) is 2.99. The number of hydrogen-bond acceptors (Lipinski definition) is 3. The summed E-state index contributed by atoms with van der Waals surface area (Å²) >= 11 is 0. The summed E-state index contributed by atoms with van der Waals surface area (Å²) in [4.78, 5) is 7.24. The summed E-state index contributed by atoms with van der Waals surface area (Å²) in [6.07, 6.45) is -4.18. The van der Waals surface area contributed by atoms with Gasteiger partial charge in [0.2, 0.25) is 0 Å². The van der Waals surface area contributed by atoms with Gasteiger partial charge >= 0.3 is 6.18 Å². The second-order valence-corrected chi connectivity index (χ2v) is 5.86. The molecule has 1 N–H and O–H groups in total. The SMILES string of the molecule is CN=C(NCCN(C)CC(F)(F)F)N(C)CCOc1ccccc1C.I. The Morgan fingerprint density at radius 2 is 1.85 bits per heavy atom. The van der Waals surface area contributed by atoms with Gasteiger partial charge < -0.3 is 15.0 Å². The maximum absolute atomic E-state index is 12.3. The molecule has 0 atom stereocenters. The van der Waals surface area contributed by atoms with Gasteiger partial charge in [-0.2, -0.15) is 13.2 Å². The molecule has 0 aliphatic carbocycles. The van der Waals surface area contributed by atoms with Gasteiger partial charge in [0, 0.05) is 27.2 Å². The summed E-state index contributed by atoms with van der Waals surface area (Å²) < 4.78 is 42.6. The van der Waals surface area contributed by atoms with Crippen LogP contribution in [0.25, 0.3) is 0 Å². The number of ether oxygens (including phenoxy) is 1. The van der Waals surface area contributed by atoms with Crippen molar-refractivity contribution in [3.63, 3.8) is 0 Å². The van der Waals surface area contributed by atoms with Crippen LogP contribution in [0.4, 0.5) is 13.2 Å². The Morgan fingerprint density at radius 3 is 2.42 bits per heavy atom. The van der Waals surface area contributed by atoms with Crippen LogP contribution < -0.4 is 10.1 Å². The van der Waals surface area contributed by atoms with E-state index in [1.54, 1.807) is 7.05 Å². The first-order valence-corrected chi connectivity index (χ1v) is 8.08. The molecule has 26 heavy (non-hydrogen) atoms. The van der Waals surface area contributed by atoms with Crippen LogP contribution in [0.5, 0.6) is 5.75 Å². The summed E-state index contributed by atoms with van der Waals surface area (Å²) in [7, 11) is 4.94. The molecule has 1 aromatic rings. The molecule has 0 fully saturated rings. The quantitative estimate of drug-likeness (QED) is 0.347. The van der Waals surface area contributed by atoms with E-state index in [1.165, 1.54) is 11.9 Å². The molecule has 0 bridgehead atoms. The van der Waals surface area contributed by atoms with E-state index in [0.29, 0.717) is 25.7 Å². The Kier molecular flexibility index (Phi) is 11.6. The molecule has 0 aliphatic rings.